The Morgan fingerprint density at radius 1 is 0.781 bits per heavy atom. The molecule has 2 aromatic carbocycles. The highest BCUT2D eigenvalue weighted by Gasteiger charge is 2.26. The summed E-state index contributed by atoms with van der Waals surface area (Å²) in [6.45, 7) is 6.22. The van der Waals surface area contributed by atoms with Crippen molar-refractivity contribution in [2.45, 2.75) is 19.0 Å². The molecule has 164 valence electrons. The molecule has 7 heteroatoms. The van der Waals surface area contributed by atoms with E-state index < -0.39 is 0 Å². The lowest BCUT2D eigenvalue weighted by atomic mass is 9.96. The van der Waals surface area contributed by atoms with E-state index in [2.05, 4.69) is 90.0 Å². The highest BCUT2D eigenvalue weighted by Crippen LogP contribution is 2.29. The van der Waals surface area contributed by atoms with Crippen LogP contribution in [0.4, 0.5) is 0 Å². The van der Waals surface area contributed by atoms with Crippen LogP contribution in [-0.4, -0.2) is 62.0 Å². The standard InChI is InChI=1S/C25H27ClN6/c26-24-22-25(28-18-27-24)32(19-29-22)13-7-12-30-14-16-31(17-15-30)23(20-8-3-1-4-9-20)21-10-5-2-6-11-21/h1-6,8-11,18-19,23H,7,12-17H2. The van der Waals surface area contributed by atoms with Crippen molar-refractivity contribution < 1.29 is 0 Å². The number of hydrogen-bond acceptors (Lipinski definition) is 5. The molecule has 0 N–H and O–H groups in total. The van der Waals surface area contributed by atoms with E-state index in [0.717, 1.165) is 51.3 Å². The number of benzene rings is 2. The molecule has 1 fully saturated rings. The van der Waals surface area contributed by atoms with Gasteiger partial charge in [-0.1, -0.05) is 72.3 Å². The second kappa shape index (κ2) is 9.77. The van der Waals surface area contributed by atoms with Crippen LogP contribution in [0.5, 0.6) is 0 Å². The van der Waals surface area contributed by atoms with E-state index in [4.69, 9.17) is 11.6 Å². The third-order valence-electron chi connectivity index (χ3n) is 6.23. The van der Waals surface area contributed by atoms with Gasteiger partial charge < -0.3 is 9.47 Å². The van der Waals surface area contributed by atoms with Crippen molar-refractivity contribution in [2.75, 3.05) is 32.7 Å². The normalized spacial score (nSPS) is 15.6. The molecule has 0 amide bonds. The lowest BCUT2D eigenvalue weighted by Gasteiger charge is -2.39. The third kappa shape index (κ3) is 4.53. The molecule has 0 spiro atoms. The maximum absolute atomic E-state index is 6.11. The summed E-state index contributed by atoms with van der Waals surface area (Å²) in [5.74, 6) is 0. The van der Waals surface area contributed by atoms with Gasteiger partial charge in [-0.2, -0.15) is 0 Å². The first kappa shape index (κ1) is 21.1. The number of fused-ring (bicyclic) bond motifs is 1. The summed E-state index contributed by atoms with van der Waals surface area (Å²) in [7, 11) is 0. The maximum atomic E-state index is 6.11. The molecule has 0 atom stereocenters. The van der Waals surface area contributed by atoms with Crippen molar-refractivity contribution >= 4 is 22.8 Å². The van der Waals surface area contributed by atoms with E-state index >= 15 is 0 Å². The van der Waals surface area contributed by atoms with E-state index in [1.54, 1.807) is 0 Å². The Morgan fingerprint density at radius 2 is 1.44 bits per heavy atom. The van der Waals surface area contributed by atoms with Crippen molar-refractivity contribution in [3.63, 3.8) is 0 Å². The van der Waals surface area contributed by atoms with E-state index in [1.807, 2.05) is 6.33 Å². The molecule has 0 unspecified atom stereocenters. The van der Waals surface area contributed by atoms with Crippen molar-refractivity contribution in [1.29, 1.82) is 0 Å². The van der Waals surface area contributed by atoms with Crippen LogP contribution in [-0.2, 0) is 6.54 Å². The Hall–Kier alpha value is -2.80. The lowest BCUT2D eigenvalue weighted by Crippen LogP contribution is -2.48. The zero-order valence-electron chi connectivity index (χ0n) is 18.0. The van der Waals surface area contributed by atoms with Crippen molar-refractivity contribution in [3.05, 3.63) is 89.6 Å². The van der Waals surface area contributed by atoms with Crippen LogP contribution >= 0.6 is 11.6 Å². The summed E-state index contributed by atoms with van der Waals surface area (Å²) in [5.41, 5.74) is 4.21. The molecule has 1 saturated heterocycles. The average Bonchev–Trinajstić information content (AvgIpc) is 3.26. The number of piperazine rings is 1. The summed E-state index contributed by atoms with van der Waals surface area (Å²) in [6.07, 6.45) is 4.36. The van der Waals surface area contributed by atoms with Crippen LogP contribution in [0.1, 0.15) is 23.6 Å². The Kier molecular flexibility index (Phi) is 6.44. The largest absolute Gasteiger partial charge is 0.315 e. The first-order chi connectivity index (χ1) is 15.8. The predicted molar refractivity (Wildman–Crippen MR) is 128 cm³/mol. The van der Waals surface area contributed by atoms with E-state index in [9.17, 15) is 0 Å². The van der Waals surface area contributed by atoms with Gasteiger partial charge in [0.1, 0.15) is 11.8 Å². The molecule has 0 aliphatic carbocycles. The van der Waals surface area contributed by atoms with Gasteiger partial charge in [-0.15, -0.1) is 0 Å². The molecule has 0 bridgehead atoms. The number of imidazole rings is 1. The Morgan fingerprint density at radius 3 is 2.09 bits per heavy atom. The summed E-state index contributed by atoms with van der Waals surface area (Å²) in [5, 5.41) is 0.413. The van der Waals surface area contributed by atoms with Gasteiger partial charge in [-0.25, -0.2) is 15.0 Å². The monoisotopic (exact) mass is 446 g/mol. The van der Waals surface area contributed by atoms with Gasteiger partial charge in [0, 0.05) is 32.7 Å². The molecule has 0 saturated carbocycles. The molecule has 5 rings (SSSR count). The van der Waals surface area contributed by atoms with E-state index in [0.29, 0.717) is 16.7 Å². The minimum absolute atomic E-state index is 0.307. The van der Waals surface area contributed by atoms with E-state index in [-0.39, 0.29) is 0 Å². The van der Waals surface area contributed by atoms with Gasteiger partial charge in [0.05, 0.1) is 12.4 Å². The molecule has 32 heavy (non-hydrogen) atoms. The average molecular weight is 447 g/mol. The summed E-state index contributed by atoms with van der Waals surface area (Å²) in [4.78, 5) is 17.9. The zero-order chi connectivity index (χ0) is 21.8. The zero-order valence-corrected chi connectivity index (χ0v) is 18.8. The van der Waals surface area contributed by atoms with E-state index in [1.165, 1.54) is 17.5 Å². The minimum atomic E-state index is 0.307. The number of hydrogen-bond donors (Lipinski definition) is 0. The van der Waals surface area contributed by atoms with Crippen LogP contribution < -0.4 is 0 Å². The molecule has 0 radical (unpaired) electrons. The van der Waals surface area contributed by atoms with Gasteiger partial charge in [-0.3, -0.25) is 4.90 Å². The molecule has 1 aliphatic rings. The van der Waals surface area contributed by atoms with Crippen molar-refractivity contribution in [1.82, 2.24) is 29.3 Å². The van der Waals surface area contributed by atoms with Crippen molar-refractivity contribution in [3.8, 4) is 0 Å². The molecule has 1 aliphatic heterocycles. The quantitative estimate of drug-likeness (QED) is 0.397. The fraction of sp³-hybridized carbons (Fsp3) is 0.320. The van der Waals surface area contributed by atoms with Gasteiger partial charge in [0.2, 0.25) is 0 Å². The number of halogens is 1. The SMILES string of the molecule is Clc1ncnc2c1ncn2CCCN1CCN(C(c2ccccc2)c2ccccc2)CC1. The Balaban J connectivity index is 1.19. The van der Waals surface area contributed by atoms with Crippen LogP contribution in [0.25, 0.3) is 11.2 Å². The van der Waals surface area contributed by atoms with Gasteiger partial charge in [0.15, 0.2) is 10.8 Å². The van der Waals surface area contributed by atoms with Crippen LogP contribution in [0, 0.1) is 0 Å². The smallest absolute Gasteiger partial charge is 0.164 e. The predicted octanol–water partition coefficient (Wildman–Crippen LogP) is 4.28. The molecule has 3 heterocycles. The molecule has 6 nitrogen and oxygen atoms in total. The lowest BCUT2D eigenvalue weighted by molar-refractivity contribution is 0.108. The Labute approximate surface area is 193 Å². The highest BCUT2D eigenvalue weighted by molar-refractivity contribution is 6.33. The van der Waals surface area contributed by atoms with Crippen LogP contribution in [0.3, 0.4) is 0 Å². The summed E-state index contributed by atoms with van der Waals surface area (Å²) >= 11 is 6.11. The van der Waals surface area contributed by atoms with Crippen LogP contribution in [0.2, 0.25) is 5.15 Å². The van der Waals surface area contributed by atoms with Gasteiger partial charge in [0.25, 0.3) is 0 Å². The molecule has 4 aromatic rings. The Bertz CT molecular complexity index is 1100. The van der Waals surface area contributed by atoms with Gasteiger partial charge in [-0.05, 0) is 24.1 Å². The first-order valence-electron chi connectivity index (χ1n) is 11.2. The molecule has 2 aromatic heterocycles. The van der Waals surface area contributed by atoms with Gasteiger partial charge >= 0.3 is 0 Å². The molecular weight excluding hydrogens is 420 g/mol. The molecular formula is C25H27ClN6. The number of rotatable bonds is 7. The third-order valence-corrected chi connectivity index (χ3v) is 6.51. The van der Waals surface area contributed by atoms with Crippen molar-refractivity contribution in [2.24, 2.45) is 0 Å². The second-order valence-corrected chi connectivity index (χ2v) is 8.59. The fourth-order valence-corrected chi connectivity index (χ4v) is 4.79. The summed E-state index contributed by atoms with van der Waals surface area (Å²) in [6, 6.07) is 22.0. The highest BCUT2D eigenvalue weighted by atomic mass is 35.5. The fourth-order valence-electron chi connectivity index (χ4n) is 4.61. The van der Waals surface area contributed by atoms with Crippen LogP contribution in [0.15, 0.2) is 73.3 Å². The first-order valence-corrected chi connectivity index (χ1v) is 11.5. The topological polar surface area (TPSA) is 50.1 Å². The second-order valence-electron chi connectivity index (χ2n) is 8.23. The summed E-state index contributed by atoms with van der Waals surface area (Å²) < 4.78 is 2.07. The maximum Gasteiger partial charge on any atom is 0.164 e. The minimum Gasteiger partial charge on any atom is -0.315 e. The number of nitrogens with zero attached hydrogens (tertiary/aromatic N) is 6. The number of aromatic nitrogens is 4. The number of aryl methyl sites for hydroxylation is 1.